The van der Waals surface area contributed by atoms with E-state index in [9.17, 15) is 19.2 Å². The summed E-state index contributed by atoms with van der Waals surface area (Å²) in [6, 6.07) is 0. The van der Waals surface area contributed by atoms with Crippen LogP contribution in [0.1, 0.15) is 39.0 Å². The number of aromatic amines is 1. The number of nitrogens with one attached hydrogen (secondary N) is 2. The first-order valence-corrected chi connectivity index (χ1v) is 7.77. The van der Waals surface area contributed by atoms with Crippen LogP contribution in [0.4, 0.5) is 4.79 Å². The molecule has 1 aliphatic heterocycles. The van der Waals surface area contributed by atoms with Crippen LogP contribution in [0.25, 0.3) is 0 Å². The number of carbonyl (C=O) groups is 4. The van der Waals surface area contributed by atoms with E-state index < -0.39 is 0 Å². The Balaban J connectivity index is 1.99. The molecule has 22 heavy (non-hydrogen) atoms. The predicted octanol–water partition coefficient (Wildman–Crippen LogP) is 1.26. The van der Waals surface area contributed by atoms with Gasteiger partial charge >= 0.3 is 0 Å². The average molecular weight is 323 g/mol. The zero-order chi connectivity index (χ0) is 16.4. The van der Waals surface area contributed by atoms with Gasteiger partial charge in [0.1, 0.15) is 5.69 Å². The van der Waals surface area contributed by atoms with E-state index in [4.69, 9.17) is 0 Å². The number of ketones is 1. The monoisotopic (exact) mass is 323 g/mol. The third-order valence-electron chi connectivity index (χ3n) is 3.48. The smallest absolute Gasteiger partial charge is 0.288 e. The summed E-state index contributed by atoms with van der Waals surface area (Å²) in [7, 11) is 0. The quantitative estimate of drug-likeness (QED) is 0.795. The lowest BCUT2D eigenvalue weighted by Crippen LogP contribution is -2.37. The molecule has 7 nitrogen and oxygen atoms in total. The lowest BCUT2D eigenvalue weighted by atomic mass is 10.1. The van der Waals surface area contributed by atoms with Crippen molar-refractivity contribution in [2.24, 2.45) is 0 Å². The van der Waals surface area contributed by atoms with Crippen LogP contribution in [0.2, 0.25) is 0 Å². The van der Waals surface area contributed by atoms with Gasteiger partial charge in [0, 0.05) is 24.3 Å². The summed E-state index contributed by atoms with van der Waals surface area (Å²) in [6.45, 7) is 5.21. The highest BCUT2D eigenvalue weighted by Crippen LogP contribution is 2.19. The highest BCUT2D eigenvalue weighted by atomic mass is 32.2. The lowest BCUT2D eigenvalue weighted by Gasteiger charge is -2.13. The van der Waals surface area contributed by atoms with Crippen LogP contribution in [0.3, 0.4) is 0 Å². The second kappa shape index (κ2) is 6.35. The maximum atomic E-state index is 12.1. The fourth-order valence-corrected chi connectivity index (χ4v) is 3.22. The highest BCUT2D eigenvalue weighted by Gasteiger charge is 2.29. The van der Waals surface area contributed by atoms with E-state index in [1.54, 1.807) is 13.8 Å². The lowest BCUT2D eigenvalue weighted by molar-refractivity contribution is -0.124. The number of hydrogen-bond acceptors (Lipinski definition) is 5. The summed E-state index contributed by atoms with van der Waals surface area (Å²) >= 11 is 0.961. The van der Waals surface area contributed by atoms with Gasteiger partial charge in [-0.3, -0.25) is 24.1 Å². The van der Waals surface area contributed by atoms with Crippen molar-refractivity contribution in [1.82, 2.24) is 15.2 Å². The number of aromatic nitrogens is 1. The van der Waals surface area contributed by atoms with Gasteiger partial charge in [-0.15, -0.1) is 0 Å². The van der Waals surface area contributed by atoms with Crippen molar-refractivity contribution in [1.29, 1.82) is 0 Å². The molecule has 1 aromatic heterocycles. The Morgan fingerprint density at radius 1 is 1.32 bits per heavy atom. The Bertz CT molecular complexity index is 649. The number of Topliss-reactive ketones (excluding diaryl/α,β-unsaturated/α-hetero) is 1. The molecule has 0 spiro atoms. The number of amides is 3. The minimum absolute atomic E-state index is 0.101. The predicted molar refractivity (Wildman–Crippen MR) is 82.2 cm³/mol. The van der Waals surface area contributed by atoms with Gasteiger partial charge in [0.2, 0.25) is 5.91 Å². The van der Waals surface area contributed by atoms with Crippen molar-refractivity contribution in [3.05, 3.63) is 22.5 Å². The molecule has 1 aromatic rings. The average Bonchev–Trinajstić information content (AvgIpc) is 2.91. The Labute approximate surface area is 131 Å². The van der Waals surface area contributed by atoms with Crippen LogP contribution >= 0.6 is 11.8 Å². The van der Waals surface area contributed by atoms with Gasteiger partial charge in [-0.2, -0.15) is 0 Å². The Morgan fingerprint density at radius 2 is 2.00 bits per heavy atom. The molecule has 2 rings (SSSR count). The number of nitrogens with zero attached hydrogens (tertiary/aromatic N) is 1. The zero-order valence-corrected chi connectivity index (χ0v) is 13.4. The molecule has 2 heterocycles. The minimum atomic E-state index is -0.361. The van der Waals surface area contributed by atoms with Crippen LogP contribution in [0, 0.1) is 13.8 Å². The molecule has 1 saturated heterocycles. The molecule has 0 atom stereocenters. The summed E-state index contributed by atoms with van der Waals surface area (Å²) in [5.74, 6) is -0.547. The SMILES string of the molecule is CC(=O)c1c(C)[nH]c(C(=O)NCCN2C(=O)CSC2=O)c1C. The number of thioether (sulfide) groups is 1. The fraction of sp³-hybridized carbons (Fsp3) is 0.429. The van der Waals surface area contributed by atoms with Crippen LogP contribution in [0.5, 0.6) is 0 Å². The highest BCUT2D eigenvalue weighted by molar-refractivity contribution is 8.14. The zero-order valence-electron chi connectivity index (χ0n) is 12.6. The van der Waals surface area contributed by atoms with Crippen molar-refractivity contribution in [3.8, 4) is 0 Å². The van der Waals surface area contributed by atoms with E-state index >= 15 is 0 Å². The van der Waals surface area contributed by atoms with Gasteiger partial charge in [0.25, 0.3) is 11.1 Å². The first-order chi connectivity index (χ1) is 10.3. The Hall–Kier alpha value is -2.09. The molecule has 8 heteroatoms. The maximum absolute atomic E-state index is 12.1. The van der Waals surface area contributed by atoms with Crippen LogP contribution < -0.4 is 5.32 Å². The second-order valence-electron chi connectivity index (χ2n) is 5.04. The van der Waals surface area contributed by atoms with Gasteiger partial charge in [0.15, 0.2) is 5.78 Å². The third kappa shape index (κ3) is 3.06. The summed E-state index contributed by atoms with van der Waals surface area (Å²) in [4.78, 5) is 50.6. The number of imide groups is 1. The number of rotatable bonds is 5. The maximum Gasteiger partial charge on any atom is 0.288 e. The summed E-state index contributed by atoms with van der Waals surface area (Å²) in [5.41, 5.74) is 2.10. The van der Waals surface area contributed by atoms with E-state index in [2.05, 4.69) is 10.3 Å². The fourth-order valence-electron chi connectivity index (χ4n) is 2.47. The second-order valence-corrected chi connectivity index (χ2v) is 5.96. The first-order valence-electron chi connectivity index (χ1n) is 6.78. The summed E-state index contributed by atoms with van der Waals surface area (Å²) in [6.07, 6.45) is 0. The van der Waals surface area contributed by atoms with Crippen LogP contribution in [-0.2, 0) is 4.79 Å². The third-order valence-corrected chi connectivity index (χ3v) is 4.34. The van der Waals surface area contributed by atoms with E-state index in [0.717, 1.165) is 16.7 Å². The molecule has 2 N–H and O–H groups in total. The van der Waals surface area contributed by atoms with Crippen molar-refractivity contribution in [3.63, 3.8) is 0 Å². The van der Waals surface area contributed by atoms with Crippen molar-refractivity contribution in [2.75, 3.05) is 18.8 Å². The van der Waals surface area contributed by atoms with E-state index in [1.807, 2.05) is 0 Å². The number of H-pyrrole nitrogens is 1. The standard InChI is InChI=1S/C14H17N3O4S/c1-7-11(9(3)18)8(2)16-12(7)13(20)15-4-5-17-10(19)6-22-14(17)21/h16H,4-6H2,1-3H3,(H,15,20). The van der Waals surface area contributed by atoms with Gasteiger partial charge in [-0.25, -0.2) is 0 Å². The summed E-state index contributed by atoms with van der Waals surface area (Å²) < 4.78 is 0. The molecule has 0 saturated carbocycles. The molecule has 0 bridgehead atoms. The van der Waals surface area contributed by atoms with Crippen molar-refractivity contribution < 1.29 is 19.2 Å². The number of hydrogen-bond donors (Lipinski definition) is 2. The number of aryl methyl sites for hydroxylation is 1. The molecule has 1 fully saturated rings. The molecule has 1 aliphatic rings. The number of carbonyl (C=O) groups excluding carboxylic acids is 4. The van der Waals surface area contributed by atoms with Crippen LogP contribution in [0.15, 0.2) is 0 Å². The Morgan fingerprint density at radius 3 is 2.50 bits per heavy atom. The minimum Gasteiger partial charge on any atom is -0.354 e. The van der Waals surface area contributed by atoms with Gasteiger partial charge in [-0.05, 0) is 26.3 Å². The molecule has 0 radical (unpaired) electrons. The van der Waals surface area contributed by atoms with Crippen LogP contribution in [-0.4, -0.2) is 51.6 Å². The van der Waals surface area contributed by atoms with E-state index in [0.29, 0.717) is 22.5 Å². The molecule has 0 aliphatic carbocycles. The molecule has 3 amide bonds. The molecule has 0 aromatic carbocycles. The van der Waals surface area contributed by atoms with Gasteiger partial charge in [-0.1, -0.05) is 11.8 Å². The Kier molecular flexibility index (Phi) is 4.70. The molecule has 118 valence electrons. The molecule has 0 unspecified atom stereocenters. The van der Waals surface area contributed by atoms with Crippen molar-refractivity contribution in [2.45, 2.75) is 20.8 Å². The topological polar surface area (TPSA) is 99.3 Å². The van der Waals surface area contributed by atoms with Crippen molar-refractivity contribution >= 4 is 34.6 Å². The largest absolute Gasteiger partial charge is 0.354 e. The van der Waals surface area contributed by atoms with E-state index in [-0.39, 0.29) is 41.7 Å². The summed E-state index contributed by atoms with van der Waals surface area (Å²) in [5, 5.41) is 2.36. The molecular formula is C14H17N3O4S. The normalized spacial score (nSPS) is 14.6. The molecular weight excluding hydrogens is 306 g/mol. The van der Waals surface area contributed by atoms with E-state index in [1.165, 1.54) is 6.92 Å². The van der Waals surface area contributed by atoms with Gasteiger partial charge in [0.05, 0.1) is 5.75 Å². The first kappa shape index (κ1) is 16.3. The van der Waals surface area contributed by atoms with Gasteiger partial charge < -0.3 is 10.3 Å².